The lowest BCUT2D eigenvalue weighted by atomic mass is 9.89. The Morgan fingerprint density at radius 1 is 0.889 bits per heavy atom. The Morgan fingerprint density at radius 3 is 2.32 bits per heavy atom. The van der Waals surface area contributed by atoms with Crippen LogP contribution in [0.2, 0.25) is 5.02 Å². The van der Waals surface area contributed by atoms with Crippen molar-refractivity contribution in [2.75, 3.05) is 6.54 Å². The van der Waals surface area contributed by atoms with Gasteiger partial charge >= 0.3 is 0 Å². The van der Waals surface area contributed by atoms with E-state index >= 15 is 0 Å². The monoisotopic (exact) mass is 1030 g/mol. The Kier molecular flexibility index (Phi) is 13.7. The molecule has 7 heterocycles. The second kappa shape index (κ2) is 20.1. The van der Waals surface area contributed by atoms with Gasteiger partial charge in [-0.3, -0.25) is 28.6 Å². The van der Waals surface area contributed by atoms with Gasteiger partial charge in [0.25, 0.3) is 0 Å². The number of aromatic nitrogens is 7. The molecular formula is C53H56ClN11O5S2. The Hall–Kier alpha value is -6.60. The largest absolute Gasteiger partial charge is 0.474 e. The van der Waals surface area contributed by atoms with Crippen molar-refractivity contribution in [2.45, 2.75) is 117 Å². The number of thiophene rings is 1. The van der Waals surface area contributed by atoms with Gasteiger partial charge in [0.2, 0.25) is 23.6 Å². The maximum absolute atomic E-state index is 14.4. The fraction of sp³-hybridized carbons (Fsp3) is 0.377. The van der Waals surface area contributed by atoms with Crippen molar-refractivity contribution in [3.8, 4) is 32.4 Å². The van der Waals surface area contributed by atoms with Crippen LogP contribution in [0.5, 0.6) is 5.88 Å². The summed E-state index contributed by atoms with van der Waals surface area (Å²) in [7, 11) is 0. The molecule has 1 saturated heterocycles. The summed E-state index contributed by atoms with van der Waals surface area (Å²) in [6.45, 7) is 13.9. The fourth-order valence-electron chi connectivity index (χ4n) is 9.88. The molecule has 1 saturated carbocycles. The minimum atomic E-state index is -0.835. The van der Waals surface area contributed by atoms with Gasteiger partial charge in [0.15, 0.2) is 5.82 Å². The Morgan fingerprint density at radius 2 is 1.62 bits per heavy atom. The molecule has 2 aliphatic heterocycles. The number of β-amino-alcohol motifs (C(OH)–C–C–N with tert-alkyl or cyclic N) is 1. The van der Waals surface area contributed by atoms with Crippen molar-refractivity contribution in [3.05, 3.63) is 134 Å². The van der Waals surface area contributed by atoms with Crippen LogP contribution < -0.4 is 15.4 Å². The number of likely N-dealkylation sites (tertiary alicyclic amines) is 1. The zero-order valence-corrected chi connectivity index (χ0v) is 43.4. The molecule has 2 fully saturated rings. The molecule has 372 valence electrons. The second-order valence-corrected chi connectivity index (χ2v) is 21.9. The molecule has 1 aliphatic carbocycles. The third kappa shape index (κ3) is 9.72. The van der Waals surface area contributed by atoms with Gasteiger partial charge in [-0.05, 0) is 75.4 Å². The van der Waals surface area contributed by atoms with Crippen molar-refractivity contribution in [3.63, 3.8) is 0 Å². The molecular weight excluding hydrogens is 970 g/mol. The third-order valence-corrected chi connectivity index (χ3v) is 16.4. The van der Waals surface area contributed by atoms with E-state index in [1.54, 1.807) is 45.8 Å². The third-order valence-electron chi connectivity index (χ3n) is 14.0. The molecule has 0 radical (unpaired) electrons. The number of benzene rings is 2. The summed E-state index contributed by atoms with van der Waals surface area (Å²) < 4.78 is 9.90. The molecule has 7 aromatic rings. The summed E-state index contributed by atoms with van der Waals surface area (Å²) in [6.07, 6.45) is 5.74. The van der Waals surface area contributed by atoms with Crippen LogP contribution in [0.3, 0.4) is 0 Å². The van der Waals surface area contributed by atoms with Crippen molar-refractivity contribution in [2.24, 2.45) is 10.9 Å². The van der Waals surface area contributed by atoms with Crippen LogP contribution in [0.4, 0.5) is 0 Å². The lowest BCUT2D eigenvalue weighted by molar-refractivity contribution is -0.142. The Balaban J connectivity index is 0.743. The highest BCUT2D eigenvalue weighted by atomic mass is 35.5. The van der Waals surface area contributed by atoms with Crippen LogP contribution in [0.1, 0.15) is 109 Å². The first-order valence-corrected chi connectivity index (χ1v) is 26.3. The summed E-state index contributed by atoms with van der Waals surface area (Å²) in [5.74, 6) is 0.911. The molecule has 5 atom stereocenters. The molecule has 5 aromatic heterocycles. The summed E-state index contributed by atoms with van der Waals surface area (Å²) in [4.78, 5) is 59.8. The number of hydrogen-bond donors (Lipinski definition) is 3. The number of fused-ring (bicyclic) bond motifs is 3. The molecule has 19 heteroatoms. The average Bonchev–Trinajstić information content (AvgIpc) is 4.19. The van der Waals surface area contributed by atoms with Crippen LogP contribution in [-0.4, -0.2) is 98.8 Å². The number of rotatable bonds is 14. The smallest absolute Gasteiger partial charge is 0.248 e. The number of ether oxygens (including phenoxy) is 1. The molecule has 72 heavy (non-hydrogen) atoms. The van der Waals surface area contributed by atoms with Gasteiger partial charge in [-0.15, -0.1) is 32.9 Å². The first-order chi connectivity index (χ1) is 34.6. The van der Waals surface area contributed by atoms with E-state index in [0.717, 1.165) is 66.1 Å². The van der Waals surface area contributed by atoms with Crippen LogP contribution in [0.15, 0.2) is 89.8 Å². The van der Waals surface area contributed by atoms with Gasteiger partial charge < -0.3 is 25.4 Å². The Bertz CT molecular complexity index is 3170. The molecule has 10 rings (SSSR count). The highest BCUT2D eigenvalue weighted by Gasteiger charge is 2.43. The average molecular weight is 1030 g/mol. The van der Waals surface area contributed by atoms with Crippen molar-refractivity contribution < 1.29 is 24.2 Å². The summed E-state index contributed by atoms with van der Waals surface area (Å²) in [6, 6.07) is 16.8. The number of nitrogens with one attached hydrogen (secondary N) is 2. The van der Waals surface area contributed by atoms with E-state index in [0.29, 0.717) is 29.6 Å². The van der Waals surface area contributed by atoms with E-state index < -0.39 is 24.2 Å². The number of carbonyl (C=O) groups excluding carboxylic acids is 3. The minimum Gasteiger partial charge on any atom is -0.474 e. The first kappa shape index (κ1) is 49.0. The summed E-state index contributed by atoms with van der Waals surface area (Å²) in [5, 5.41) is 32.2. The molecule has 16 nitrogen and oxygen atoms in total. The van der Waals surface area contributed by atoms with Crippen molar-refractivity contribution in [1.29, 1.82) is 0 Å². The standard InChI is InChI=1S/C53H56ClN11O5S2/c1-27(2)48(52(69)63-25-40(66)20-43(63)51(68)58-29(4)33-8-10-35(11-9-33)49-30(5)56-26-71-49)64-24-37(23-57-64)36-14-17-45(55-22-36)70-41-18-39(19-41)59-44(67)21-42-50-62-61-32(7)65(50)53-46(28(3)31(6)72-53)47(60-42)34-12-15-38(54)16-13-34/h8-17,22-24,26-27,29,39-43,48,66H,18-21,25H2,1-7H3,(H,58,68)(H,59,67)/t29-,39-,40+,41-,42-,43-,48-/m0/s1. The number of hydrogen-bond acceptors (Lipinski definition) is 13. The molecule has 0 unspecified atom stereocenters. The number of aryl methyl sites for hydroxylation is 3. The zero-order chi connectivity index (χ0) is 50.5. The zero-order valence-electron chi connectivity index (χ0n) is 41.0. The number of aliphatic hydroxyl groups excluding tert-OH is 1. The summed E-state index contributed by atoms with van der Waals surface area (Å²) in [5.41, 5.74) is 10.2. The molecule has 0 spiro atoms. The van der Waals surface area contributed by atoms with Gasteiger partial charge in [-0.25, -0.2) is 9.97 Å². The summed E-state index contributed by atoms with van der Waals surface area (Å²) >= 11 is 9.53. The molecule has 0 bridgehead atoms. The van der Waals surface area contributed by atoms with Crippen LogP contribution in [0, 0.1) is 33.6 Å². The maximum Gasteiger partial charge on any atom is 0.248 e. The van der Waals surface area contributed by atoms with E-state index in [-0.39, 0.29) is 61.2 Å². The van der Waals surface area contributed by atoms with Gasteiger partial charge in [-0.2, -0.15) is 5.10 Å². The van der Waals surface area contributed by atoms with Crippen LogP contribution in [0.25, 0.3) is 26.6 Å². The topological polar surface area (TPSA) is 195 Å². The SMILES string of the molecule is Cc1ncsc1-c1ccc([C@H](C)NC(=O)[C@@H]2C[C@@H](O)CN2C(=O)[C@H](C(C)C)n2cc(-c3ccc(O[C@H]4C[C@H](NC(=O)C[C@@H]5N=C(c6ccc(Cl)cc6)c6c(sc(C)c6C)-n6c(C)nnc65)C4)nc3)cn2)cc1. The molecule has 3 N–H and O–H groups in total. The van der Waals surface area contributed by atoms with E-state index in [4.69, 9.17) is 21.3 Å². The Labute approximate surface area is 430 Å². The highest BCUT2D eigenvalue weighted by molar-refractivity contribution is 7.15. The maximum atomic E-state index is 14.4. The molecule has 3 aliphatic rings. The number of amides is 3. The second-order valence-electron chi connectivity index (χ2n) is 19.4. The van der Waals surface area contributed by atoms with Crippen molar-refractivity contribution >= 4 is 57.7 Å². The van der Waals surface area contributed by atoms with E-state index in [9.17, 15) is 19.5 Å². The highest BCUT2D eigenvalue weighted by Crippen LogP contribution is 2.40. The number of carbonyl (C=O) groups is 3. The number of thiazole rings is 1. The number of pyridine rings is 1. The van der Waals surface area contributed by atoms with Gasteiger partial charge in [0.1, 0.15) is 35.1 Å². The number of nitrogens with zero attached hydrogens (tertiary/aromatic N) is 9. The van der Waals surface area contributed by atoms with E-state index in [1.165, 1.54) is 9.78 Å². The predicted molar refractivity (Wildman–Crippen MR) is 278 cm³/mol. The predicted octanol–water partition coefficient (Wildman–Crippen LogP) is 8.64. The fourth-order valence-corrected chi connectivity index (χ4v) is 12.0. The normalized spacial score (nSPS) is 20.2. The van der Waals surface area contributed by atoms with Gasteiger partial charge in [0, 0.05) is 82.5 Å². The number of halogens is 1. The number of aliphatic imine (C=N–C) groups is 1. The van der Waals surface area contributed by atoms with E-state index in [2.05, 4.69) is 49.7 Å². The molecule has 2 aromatic carbocycles. The van der Waals surface area contributed by atoms with Crippen molar-refractivity contribution in [1.82, 2.24) is 50.0 Å². The minimum absolute atomic E-state index is 0.0497. The lowest BCUT2D eigenvalue weighted by Gasteiger charge is -2.35. The van der Waals surface area contributed by atoms with Gasteiger partial charge in [0.05, 0.1) is 46.6 Å². The quantitative estimate of drug-likeness (QED) is 0.0949. The van der Waals surface area contributed by atoms with Crippen LogP contribution in [-0.2, 0) is 14.4 Å². The lowest BCUT2D eigenvalue weighted by Crippen LogP contribution is -2.49. The first-order valence-electron chi connectivity index (χ1n) is 24.2. The number of aliphatic hydroxyl groups is 1. The van der Waals surface area contributed by atoms with Gasteiger partial charge in [-0.1, -0.05) is 61.8 Å². The van der Waals surface area contributed by atoms with E-state index in [1.807, 2.05) is 105 Å². The molecule has 3 amide bonds. The van der Waals surface area contributed by atoms with Crippen LogP contribution >= 0.6 is 34.3 Å².